The van der Waals surface area contributed by atoms with Crippen LogP contribution in [0.1, 0.15) is 4.88 Å². The number of rotatable bonds is 1. The van der Waals surface area contributed by atoms with E-state index < -0.39 is 0 Å². The molecule has 1 nitrogen and oxygen atoms in total. The van der Waals surface area contributed by atoms with Crippen LogP contribution < -0.4 is 18.9 Å². The van der Waals surface area contributed by atoms with E-state index in [2.05, 4.69) is 0 Å². The maximum atomic E-state index is 8.29. The molecular weight excluding hydrogens is 161 g/mol. The first-order chi connectivity index (χ1) is 4.34. The predicted octanol–water partition coefficient (Wildman–Crippen LogP) is -0.605. The molecule has 0 radical (unpaired) electrons. The third kappa shape index (κ3) is 2.29. The average Bonchev–Trinajstić information content (AvgIpc) is 2.37. The molecule has 0 aliphatic heterocycles. The van der Waals surface area contributed by atoms with Gasteiger partial charge in [-0.1, -0.05) is 0 Å². The van der Waals surface area contributed by atoms with Gasteiger partial charge in [0.1, 0.15) is 0 Å². The Morgan fingerprint density at radius 1 is 1.70 bits per heavy atom. The number of halogens is 1. The summed E-state index contributed by atoms with van der Waals surface area (Å²) in [7, 11) is 0. The van der Waals surface area contributed by atoms with E-state index in [0.29, 0.717) is 0 Å². The Balaban J connectivity index is 0.000000810. The van der Waals surface area contributed by atoms with E-state index in [9.17, 15) is 0 Å². The third-order valence-electron chi connectivity index (χ3n) is 0.836. The molecule has 0 fully saturated rings. The van der Waals surface area contributed by atoms with Crippen LogP contribution in [0, 0.1) is 16.7 Å². The van der Waals surface area contributed by atoms with Gasteiger partial charge in [0.15, 0.2) is 0 Å². The molecule has 0 aromatic carbocycles. The first-order valence-electron chi connectivity index (χ1n) is 2.31. The smallest absolute Gasteiger partial charge is 0.214 e. The van der Waals surface area contributed by atoms with Gasteiger partial charge in [-0.05, 0) is 10.8 Å². The zero-order valence-corrected chi connectivity index (χ0v) is 7.04. The summed E-state index contributed by atoms with van der Waals surface area (Å²) in [6.07, 6.45) is 0. The van der Waals surface area contributed by atoms with Gasteiger partial charge in [0.25, 0.3) is 0 Å². The quantitative estimate of drug-likeness (QED) is 0.401. The van der Waals surface area contributed by atoms with Crippen LogP contribution in [0.5, 0.6) is 0 Å². The van der Waals surface area contributed by atoms with E-state index in [1.807, 2.05) is 23.6 Å². The number of nitriles is 1. The summed E-state index contributed by atoms with van der Waals surface area (Å²) < 4.78 is 0. The van der Waals surface area contributed by atoms with Crippen LogP contribution >= 0.6 is 22.9 Å². The molecule has 0 saturated carbocycles. The topological polar surface area (TPSA) is 23.8 Å². The molecular formula is C6H3ClLiNS. The molecule has 1 aromatic rings. The zero-order chi connectivity index (χ0) is 6.69. The van der Waals surface area contributed by atoms with Crippen molar-refractivity contribution in [2.24, 2.45) is 0 Å². The minimum absolute atomic E-state index is 0. The molecule has 1 heterocycles. The number of hydrogen-bond acceptors (Lipinski definition) is 2. The fraction of sp³-hybridized carbons (Fsp3) is 0. The van der Waals surface area contributed by atoms with Crippen LogP contribution in [0.25, 0.3) is 0 Å². The predicted molar refractivity (Wildman–Crippen MR) is 38.1 cm³/mol. The second-order valence-corrected chi connectivity index (χ2v) is 2.73. The van der Waals surface area contributed by atoms with Crippen molar-refractivity contribution in [2.75, 3.05) is 0 Å². The van der Waals surface area contributed by atoms with Crippen LogP contribution in [-0.4, -0.2) is 0 Å². The van der Waals surface area contributed by atoms with Crippen molar-refractivity contribution in [2.45, 2.75) is 0 Å². The van der Waals surface area contributed by atoms with Crippen molar-refractivity contribution in [1.82, 2.24) is 0 Å². The first kappa shape index (κ1) is 9.95. The number of hydrogen-bond donors (Lipinski definition) is 0. The van der Waals surface area contributed by atoms with Gasteiger partial charge in [-0.3, -0.25) is 0 Å². The van der Waals surface area contributed by atoms with Gasteiger partial charge in [0, 0.05) is 6.07 Å². The van der Waals surface area contributed by atoms with Gasteiger partial charge < -0.3 is 0 Å². The normalized spacial score (nSPS) is 7.60. The van der Waals surface area contributed by atoms with E-state index in [4.69, 9.17) is 16.9 Å². The van der Waals surface area contributed by atoms with Gasteiger partial charge in [0.05, 0.1) is 0 Å². The Bertz CT molecular complexity index is 216. The van der Waals surface area contributed by atoms with Gasteiger partial charge >= 0.3 is 18.9 Å². The Morgan fingerprint density at radius 2 is 2.40 bits per heavy atom. The SMILES string of the molecule is N#C[C-](Cl)c1cccs1.[Li+]. The van der Waals surface area contributed by atoms with E-state index >= 15 is 0 Å². The van der Waals surface area contributed by atoms with Crippen molar-refractivity contribution in [3.05, 3.63) is 27.8 Å². The Labute approximate surface area is 80.8 Å². The molecule has 0 unspecified atom stereocenters. The monoisotopic (exact) mass is 163 g/mol. The molecule has 1 aromatic heterocycles. The Morgan fingerprint density at radius 3 is 2.80 bits per heavy atom. The van der Waals surface area contributed by atoms with E-state index in [1.54, 1.807) is 0 Å². The fourth-order valence-electron chi connectivity index (χ4n) is 0.459. The molecule has 0 spiro atoms. The van der Waals surface area contributed by atoms with E-state index in [0.717, 1.165) is 4.88 Å². The summed E-state index contributed by atoms with van der Waals surface area (Å²) in [6.45, 7) is 0. The molecule has 0 amide bonds. The summed E-state index contributed by atoms with van der Waals surface area (Å²) in [5, 5.41) is 10.4. The van der Waals surface area contributed by atoms with Crippen molar-refractivity contribution < 1.29 is 18.9 Å². The zero-order valence-electron chi connectivity index (χ0n) is 5.47. The van der Waals surface area contributed by atoms with Crippen LogP contribution in [0.2, 0.25) is 0 Å². The van der Waals surface area contributed by atoms with Crippen LogP contribution in [0.4, 0.5) is 0 Å². The van der Waals surface area contributed by atoms with E-state index in [1.165, 1.54) is 11.3 Å². The molecule has 1 rings (SSSR count). The van der Waals surface area contributed by atoms with E-state index in [-0.39, 0.29) is 24.2 Å². The molecule has 0 atom stereocenters. The van der Waals surface area contributed by atoms with Gasteiger partial charge in [-0.25, -0.2) is 5.26 Å². The van der Waals surface area contributed by atoms with Crippen molar-refractivity contribution in [3.63, 3.8) is 0 Å². The molecule has 0 bridgehead atoms. The maximum Gasteiger partial charge on any atom is 1.00 e. The second kappa shape index (κ2) is 4.72. The third-order valence-corrected chi connectivity index (χ3v) is 2.12. The summed E-state index contributed by atoms with van der Waals surface area (Å²) in [6, 6.07) is 5.54. The standard InChI is InChI=1S/C6H3ClNS.Li/c7-5(4-8)6-2-1-3-9-6;/h1-3H;/q-1;+1. The Hall–Kier alpha value is -0.0526. The minimum Gasteiger partial charge on any atom is -0.214 e. The summed E-state index contributed by atoms with van der Waals surface area (Å²) in [5.41, 5.74) is 0. The average molecular weight is 164 g/mol. The minimum atomic E-state index is 0. The molecule has 0 saturated heterocycles. The van der Waals surface area contributed by atoms with Crippen LogP contribution in [-0.2, 0) is 0 Å². The van der Waals surface area contributed by atoms with Crippen LogP contribution in [0.15, 0.2) is 17.5 Å². The van der Waals surface area contributed by atoms with Crippen molar-refractivity contribution >= 4 is 22.9 Å². The molecule has 0 N–H and O–H groups in total. The largest absolute Gasteiger partial charge is 1.00 e. The van der Waals surface area contributed by atoms with Crippen LogP contribution in [0.3, 0.4) is 0 Å². The fourth-order valence-corrected chi connectivity index (χ4v) is 1.27. The summed E-state index contributed by atoms with van der Waals surface area (Å²) >= 11 is 6.96. The molecule has 10 heavy (non-hydrogen) atoms. The Kier molecular flexibility index (Phi) is 4.69. The molecule has 0 aliphatic rings. The second-order valence-electron chi connectivity index (χ2n) is 1.40. The van der Waals surface area contributed by atoms with Crippen molar-refractivity contribution in [1.29, 1.82) is 5.26 Å². The molecule has 4 heteroatoms. The summed E-state index contributed by atoms with van der Waals surface area (Å²) in [4.78, 5) is 0.833. The number of thiophene rings is 1. The maximum absolute atomic E-state index is 8.29. The van der Waals surface area contributed by atoms with Crippen molar-refractivity contribution in [3.8, 4) is 6.07 Å². The molecule has 46 valence electrons. The van der Waals surface area contributed by atoms with Gasteiger partial charge in [-0.2, -0.15) is 29.0 Å². The summed E-state index contributed by atoms with van der Waals surface area (Å²) in [5.74, 6) is 0. The van der Waals surface area contributed by atoms with Gasteiger partial charge in [0.2, 0.25) is 0 Å². The van der Waals surface area contributed by atoms with Gasteiger partial charge in [-0.15, -0.1) is 10.9 Å². The molecule has 0 aliphatic carbocycles. The first-order valence-corrected chi connectivity index (χ1v) is 3.57. The number of nitrogens with zero attached hydrogens (tertiary/aromatic N) is 1.